The van der Waals surface area contributed by atoms with Crippen LogP contribution in [0.1, 0.15) is 37.1 Å². The van der Waals surface area contributed by atoms with E-state index in [-0.39, 0.29) is 36.0 Å². The summed E-state index contributed by atoms with van der Waals surface area (Å²) in [5, 5.41) is 15.4. The highest BCUT2D eigenvalue weighted by Crippen LogP contribution is 2.38. The van der Waals surface area contributed by atoms with Crippen LogP contribution in [0.3, 0.4) is 0 Å². The molecule has 8 rings (SSSR count). The van der Waals surface area contributed by atoms with Crippen molar-refractivity contribution >= 4 is 51.5 Å². The van der Waals surface area contributed by atoms with E-state index in [1.165, 1.54) is 41.0 Å². The van der Waals surface area contributed by atoms with Crippen LogP contribution in [0.2, 0.25) is 0 Å². The Kier molecular flexibility index (Phi) is 15.7. The number of methoxy groups -OCH3 is 4. The van der Waals surface area contributed by atoms with E-state index in [0.717, 1.165) is 8.95 Å². The van der Waals surface area contributed by atoms with Gasteiger partial charge in [0.15, 0.2) is 42.8 Å². The molecule has 0 spiro atoms. The van der Waals surface area contributed by atoms with Crippen LogP contribution in [0.15, 0.2) is 116 Å². The van der Waals surface area contributed by atoms with Crippen LogP contribution in [0.25, 0.3) is 34.5 Å². The highest BCUT2D eigenvalue weighted by Gasteiger charge is 2.32. The number of hydrogen-bond acceptors (Lipinski definition) is 18. The molecule has 0 aliphatic carbocycles. The van der Waals surface area contributed by atoms with Crippen LogP contribution in [-0.2, 0) is 44.0 Å². The highest BCUT2D eigenvalue weighted by atomic mass is 79.9. The van der Waals surface area contributed by atoms with Crippen molar-refractivity contribution in [3.63, 3.8) is 0 Å². The minimum Gasteiger partial charge on any atom is -0.494 e. The molecule has 2 aromatic carbocycles. The van der Waals surface area contributed by atoms with Crippen LogP contribution in [-0.4, -0.2) is 105 Å². The van der Waals surface area contributed by atoms with Crippen molar-refractivity contribution in [2.75, 3.05) is 28.4 Å². The maximum absolute atomic E-state index is 13.3. The maximum Gasteiger partial charge on any atom is 0.204 e. The van der Waals surface area contributed by atoms with Gasteiger partial charge in [-0.3, -0.25) is 9.13 Å². The van der Waals surface area contributed by atoms with Gasteiger partial charge in [0.1, 0.15) is 57.5 Å². The van der Waals surface area contributed by atoms with E-state index < -0.39 is 30.2 Å². The first-order valence-electron chi connectivity index (χ1n) is 20.4. The van der Waals surface area contributed by atoms with E-state index in [2.05, 4.69) is 72.2 Å². The van der Waals surface area contributed by atoms with E-state index in [9.17, 15) is 16.8 Å². The molecule has 356 valence electrons. The van der Waals surface area contributed by atoms with E-state index in [0.29, 0.717) is 69.2 Å². The molecule has 6 heterocycles. The first kappa shape index (κ1) is 49.4. The number of halogens is 2. The number of benzene rings is 2. The zero-order valence-corrected chi connectivity index (χ0v) is 42.2. The molecule has 0 N–H and O–H groups in total. The zero-order chi connectivity index (χ0) is 48.6. The van der Waals surface area contributed by atoms with Crippen LogP contribution in [0.4, 0.5) is 0 Å². The standard InChI is InChI=1S/2C22H22BrN5O5S/c2*1-14(10-19-24-11-15(23)12-25-19)34(29,30)13-20-26-27-22(18-8-5-9-33-18)28(20)21-16(31-2)6-4-7-17(21)32-3/h2*4-9,11-12,14H,10,13H2,1-3H3/t2*14-/m10/s1. The van der Waals surface area contributed by atoms with Gasteiger partial charge in [-0.05, 0) is 94.2 Å². The number of rotatable bonds is 18. The molecule has 68 heavy (non-hydrogen) atoms. The Balaban J connectivity index is 0.000000201. The molecule has 0 saturated carbocycles. The number of hydrogen-bond donors (Lipinski definition) is 0. The summed E-state index contributed by atoms with van der Waals surface area (Å²) in [4.78, 5) is 16.7. The molecule has 24 heteroatoms. The van der Waals surface area contributed by atoms with Gasteiger partial charge in [0.05, 0.1) is 60.4 Å². The largest absolute Gasteiger partial charge is 0.494 e. The number of aromatic nitrogens is 10. The molecule has 0 bridgehead atoms. The quantitative estimate of drug-likeness (QED) is 0.0819. The molecular formula is C44H44Br2N10O10S2. The summed E-state index contributed by atoms with van der Waals surface area (Å²) in [6.45, 7) is 3.25. The van der Waals surface area contributed by atoms with Gasteiger partial charge in [-0.25, -0.2) is 36.8 Å². The van der Waals surface area contributed by atoms with E-state index in [1.807, 2.05) is 0 Å². The minimum absolute atomic E-state index is 0.159. The van der Waals surface area contributed by atoms with Crippen LogP contribution in [0, 0.1) is 0 Å². The molecule has 20 nitrogen and oxygen atoms in total. The highest BCUT2D eigenvalue weighted by molar-refractivity contribution is 9.10. The molecule has 2 atom stereocenters. The first-order chi connectivity index (χ1) is 32.7. The second kappa shape index (κ2) is 21.6. The third-order valence-electron chi connectivity index (χ3n) is 10.4. The number of para-hydroxylation sites is 2. The van der Waals surface area contributed by atoms with Gasteiger partial charge in [0.25, 0.3) is 0 Å². The molecule has 0 amide bonds. The Labute approximate surface area is 408 Å². The van der Waals surface area contributed by atoms with Crippen molar-refractivity contribution in [1.82, 2.24) is 49.5 Å². The average molecular weight is 1100 g/mol. The summed E-state index contributed by atoms with van der Waals surface area (Å²) >= 11 is 6.56. The van der Waals surface area contributed by atoms with Crippen molar-refractivity contribution in [3.05, 3.63) is 130 Å². The Hall–Kier alpha value is -6.50. The summed E-state index contributed by atoms with van der Waals surface area (Å²) in [5.41, 5.74) is 0.941. The fraction of sp³-hybridized carbons (Fsp3) is 0.273. The van der Waals surface area contributed by atoms with Crippen molar-refractivity contribution in [2.24, 2.45) is 0 Å². The van der Waals surface area contributed by atoms with E-state index in [1.54, 1.807) is 108 Å². The smallest absolute Gasteiger partial charge is 0.204 e. The third kappa shape index (κ3) is 11.1. The lowest BCUT2D eigenvalue weighted by Gasteiger charge is -2.17. The van der Waals surface area contributed by atoms with Crippen molar-refractivity contribution in [2.45, 2.75) is 48.7 Å². The SMILES string of the molecule is COc1cccc(OC)c1-n1c(CS(=O)(=O)[C@@H](C)Cc2ncc(Br)cn2)nnc1-c1ccco1.COc1cccc(OC)c1-n1c(CS(=O)(=O)[C@H](C)Cc2ncc(Br)cn2)nnc1-c1ccco1. The Morgan fingerprint density at radius 3 is 1.16 bits per heavy atom. The number of ether oxygens (including phenoxy) is 4. The zero-order valence-electron chi connectivity index (χ0n) is 37.3. The second-order valence-corrected chi connectivity index (χ2v) is 21.5. The lowest BCUT2D eigenvalue weighted by molar-refractivity contribution is 0.390. The van der Waals surface area contributed by atoms with Gasteiger partial charge in [-0.1, -0.05) is 12.1 Å². The topological polar surface area (TPSA) is 244 Å². The average Bonchev–Trinajstić information content (AvgIpc) is 4.19. The number of nitrogens with zero attached hydrogens (tertiary/aromatic N) is 10. The Morgan fingerprint density at radius 1 is 0.529 bits per heavy atom. The van der Waals surface area contributed by atoms with Gasteiger partial charge in [-0.15, -0.1) is 20.4 Å². The molecule has 0 radical (unpaired) electrons. The predicted molar refractivity (Wildman–Crippen MR) is 255 cm³/mol. The van der Waals surface area contributed by atoms with E-state index in [4.69, 9.17) is 27.8 Å². The van der Waals surface area contributed by atoms with Crippen molar-refractivity contribution < 1.29 is 44.6 Å². The van der Waals surface area contributed by atoms with Gasteiger partial charge in [0.2, 0.25) is 11.6 Å². The first-order valence-corrected chi connectivity index (χ1v) is 25.4. The van der Waals surface area contributed by atoms with Gasteiger partial charge in [-0.2, -0.15) is 0 Å². The predicted octanol–water partition coefficient (Wildman–Crippen LogP) is 7.29. The summed E-state index contributed by atoms with van der Waals surface area (Å²) in [7, 11) is -1.27. The summed E-state index contributed by atoms with van der Waals surface area (Å²) in [6.07, 6.45) is 9.67. The van der Waals surface area contributed by atoms with Crippen LogP contribution in [0.5, 0.6) is 23.0 Å². The maximum atomic E-state index is 13.3. The van der Waals surface area contributed by atoms with Gasteiger partial charge >= 0.3 is 0 Å². The van der Waals surface area contributed by atoms with Crippen LogP contribution < -0.4 is 18.9 Å². The second-order valence-electron chi connectivity index (χ2n) is 14.8. The fourth-order valence-corrected chi connectivity index (χ4v) is 9.70. The Morgan fingerprint density at radius 2 is 0.868 bits per heavy atom. The summed E-state index contributed by atoms with van der Waals surface area (Å²) < 4.78 is 91.2. The lowest BCUT2D eigenvalue weighted by atomic mass is 10.2. The number of sulfone groups is 2. The molecule has 0 fully saturated rings. The molecular weight excluding hydrogens is 1050 g/mol. The van der Waals surface area contributed by atoms with Crippen molar-refractivity contribution in [1.29, 1.82) is 0 Å². The third-order valence-corrected chi connectivity index (χ3v) is 15.3. The monoisotopic (exact) mass is 1090 g/mol. The van der Waals surface area contributed by atoms with E-state index >= 15 is 0 Å². The molecule has 0 aliphatic rings. The molecule has 0 aliphatic heterocycles. The molecule has 8 aromatic rings. The molecule has 0 saturated heterocycles. The van der Waals surface area contributed by atoms with Gasteiger partial charge in [0, 0.05) is 37.6 Å². The number of furan rings is 2. The minimum atomic E-state index is -3.67. The summed E-state index contributed by atoms with van der Waals surface area (Å²) in [6, 6.07) is 17.4. The van der Waals surface area contributed by atoms with Crippen LogP contribution >= 0.6 is 31.9 Å². The lowest BCUT2D eigenvalue weighted by Crippen LogP contribution is -2.24. The molecule has 0 unspecified atom stereocenters. The fourth-order valence-electron chi connectivity index (χ4n) is 6.83. The Bertz CT molecular complexity index is 2910. The normalized spacial score (nSPS) is 12.5. The molecule has 6 aromatic heterocycles. The summed E-state index contributed by atoms with van der Waals surface area (Å²) in [5.74, 6) is 3.82. The van der Waals surface area contributed by atoms with Crippen molar-refractivity contribution in [3.8, 4) is 57.5 Å². The van der Waals surface area contributed by atoms with Gasteiger partial charge < -0.3 is 27.8 Å².